The zero-order valence-corrected chi connectivity index (χ0v) is 16.6. The summed E-state index contributed by atoms with van der Waals surface area (Å²) >= 11 is 0. The zero-order chi connectivity index (χ0) is 20.8. The van der Waals surface area contributed by atoms with Gasteiger partial charge in [-0.2, -0.15) is 0 Å². The van der Waals surface area contributed by atoms with E-state index in [9.17, 15) is 14.4 Å². The molecule has 0 bridgehead atoms. The van der Waals surface area contributed by atoms with Crippen LogP contribution in [0.15, 0.2) is 59.7 Å². The molecule has 2 amide bonds. The van der Waals surface area contributed by atoms with Gasteiger partial charge in [0.1, 0.15) is 6.54 Å². The molecule has 3 rings (SSSR count). The molecule has 7 heteroatoms. The van der Waals surface area contributed by atoms with Gasteiger partial charge in [-0.05, 0) is 37.1 Å². The minimum absolute atomic E-state index is 0.0727. The number of carbonyl (C=O) groups is 2. The van der Waals surface area contributed by atoms with Gasteiger partial charge in [-0.25, -0.2) is 4.98 Å². The summed E-state index contributed by atoms with van der Waals surface area (Å²) in [6.07, 6.45) is 2.08. The van der Waals surface area contributed by atoms with Gasteiger partial charge < -0.3 is 10.2 Å². The molecule has 0 aliphatic heterocycles. The zero-order valence-electron chi connectivity index (χ0n) is 16.6. The molecule has 0 aliphatic rings. The molecule has 1 heterocycles. The quantitative estimate of drug-likeness (QED) is 0.670. The van der Waals surface area contributed by atoms with Crippen LogP contribution < -0.4 is 10.9 Å². The maximum absolute atomic E-state index is 12.8. The van der Waals surface area contributed by atoms with Crippen molar-refractivity contribution < 1.29 is 9.59 Å². The van der Waals surface area contributed by atoms with Crippen LogP contribution in [0.1, 0.15) is 18.9 Å². The van der Waals surface area contributed by atoms with Gasteiger partial charge in [0.05, 0.1) is 23.8 Å². The fourth-order valence-corrected chi connectivity index (χ4v) is 3.10. The summed E-state index contributed by atoms with van der Waals surface area (Å²) in [5.41, 5.74) is 1.98. The number of amides is 2. The molecular weight excluding hydrogens is 368 g/mol. The van der Waals surface area contributed by atoms with Crippen molar-refractivity contribution in [3.63, 3.8) is 0 Å². The first kappa shape index (κ1) is 20.3. The third-order valence-electron chi connectivity index (χ3n) is 4.64. The third kappa shape index (κ3) is 4.87. The fourth-order valence-electron chi connectivity index (χ4n) is 3.10. The fraction of sp³-hybridized carbons (Fsp3) is 0.273. The molecule has 0 aliphatic carbocycles. The average Bonchev–Trinajstić information content (AvgIpc) is 2.71. The standard InChI is InChI=1S/C22H24N4O3/c1-3-12-25(13-20(27)24-18-10-6-4-8-16(18)2)21(28)14-26-15-23-19-11-7-5-9-17(19)22(26)29/h4-11,15H,3,12-14H2,1-2H3,(H,24,27). The van der Waals surface area contributed by atoms with Crippen molar-refractivity contribution in [1.29, 1.82) is 0 Å². The van der Waals surface area contributed by atoms with Crippen LogP contribution in [0, 0.1) is 6.92 Å². The van der Waals surface area contributed by atoms with Crippen molar-refractivity contribution in [3.05, 3.63) is 70.8 Å². The SMILES string of the molecule is CCCN(CC(=O)Nc1ccccc1C)C(=O)Cn1cnc2ccccc2c1=O. The van der Waals surface area contributed by atoms with E-state index in [1.165, 1.54) is 15.8 Å². The number of rotatable bonds is 7. The normalized spacial score (nSPS) is 10.7. The summed E-state index contributed by atoms with van der Waals surface area (Å²) in [7, 11) is 0. The van der Waals surface area contributed by atoms with E-state index < -0.39 is 0 Å². The van der Waals surface area contributed by atoms with Crippen LogP contribution in [0.3, 0.4) is 0 Å². The first-order valence-corrected chi connectivity index (χ1v) is 9.57. The highest BCUT2D eigenvalue weighted by Gasteiger charge is 2.18. The van der Waals surface area contributed by atoms with E-state index >= 15 is 0 Å². The highest BCUT2D eigenvalue weighted by atomic mass is 16.2. The van der Waals surface area contributed by atoms with Crippen molar-refractivity contribution in [3.8, 4) is 0 Å². The van der Waals surface area contributed by atoms with Crippen molar-refractivity contribution in [2.45, 2.75) is 26.8 Å². The van der Waals surface area contributed by atoms with E-state index in [0.717, 1.165) is 11.3 Å². The van der Waals surface area contributed by atoms with E-state index in [2.05, 4.69) is 10.3 Å². The van der Waals surface area contributed by atoms with E-state index in [4.69, 9.17) is 0 Å². The van der Waals surface area contributed by atoms with Crippen LogP contribution >= 0.6 is 0 Å². The summed E-state index contributed by atoms with van der Waals surface area (Å²) in [6, 6.07) is 14.5. The second kappa shape index (κ2) is 9.14. The summed E-state index contributed by atoms with van der Waals surface area (Å²) in [5, 5.41) is 3.30. The van der Waals surface area contributed by atoms with Crippen molar-refractivity contribution in [1.82, 2.24) is 14.5 Å². The molecule has 0 unspecified atom stereocenters. The van der Waals surface area contributed by atoms with E-state index in [1.807, 2.05) is 38.1 Å². The molecule has 0 saturated carbocycles. The summed E-state index contributed by atoms with van der Waals surface area (Å²) in [4.78, 5) is 43.6. The highest BCUT2D eigenvalue weighted by molar-refractivity contribution is 5.95. The van der Waals surface area contributed by atoms with E-state index in [1.54, 1.807) is 24.3 Å². The maximum atomic E-state index is 12.8. The Morgan fingerprint density at radius 1 is 1.10 bits per heavy atom. The Labute approximate surface area is 169 Å². The predicted octanol–water partition coefficient (Wildman–Crippen LogP) is 2.58. The molecule has 0 atom stereocenters. The van der Waals surface area contributed by atoms with Crippen LogP contribution in [0.25, 0.3) is 10.9 Å². The summed E-state index contributed by atoms with van der Waals surface area (Å²) < 4.78 is 1.28. The molecule has 3 aromatic rings. The van der Waals surface area contributed by atoms with Gasteiger partial charge in [-0.3, -0.25) is 19.0 Å². The largest absolute Gasteiger partial charge is 0.332 e. The maximum Gasteiger partial charge on any atom is 0.261 e. The molecule has 29 heavy (non-hydrogen) atoms. The average molecular weight is 392 g/mol. The Morgan fingerprint density at radius 2 is 1.83 bits per heavy atom. The monoisotopic (exact) mass is 392 g/mol. The predicted molar refractivity (Wildman–Crippen MR) is 113 cm³/mol. The number of hydrogen-bond donors (Lipinski definition) is 1. The number of nitrogens with zero attached hydrogens (tertiary/aromatic N) is 3. The van der Waals surface area contributed by atoms with Crippen LogP contribution in [0.4, 0.5) is 5.69 Å². The molecule has 0 spiro atoms. The number of fused-ring (bicyclic) bond motifs is 1. The van der Waals surface area contributed by atoms with E-state index in [-0.39, 0.29) is 30.5 Å². The number of benzene rings is 2. The van der Waals surface area contributed by atoms with Gasteiger partial charge in [0.15, 0.2) is 0 Å². The molecule has 0 radical (unpaired) electrons. The Hall–Kier alpha value is -3.48. The van der Waals surface area contributed by atoms with Gasteiger partial charge in [-0.15, -0.1) is 0 Å². The summed E-state index contributed by atoms with van der Waals surface area (Å²) in [5.74, 6) is -0.573. The van der Waals surface area contributed by atoms with E-state index in [0.29, 0.717) is 23.9 Å². The van der Waals surface area contributed by atoms with Gasteiger partial charge >= 0.3 is 0 Å². The Bertz CT molecular complexity index is 1090. The molecule has 0 saturated heterocycles. The Morgan fingerprint density at radius 3 is 2.59 bits per heavy atom. The molecular formula is C22H24N4O3. The topological polar surface area (TPSA) is 84.3 Å². The first-order valence-electron chi connectivity index (χ1n) is 9.57. The lowest BCUT2D eigenvalue weighted by Gasteiger charge is -2.22. The first-order chi connectivity index (χ1) is 14.0. The number of hydrogen-bond acceptors (Lipinski definition) is 4. The molecule has 1 N–H and O–H groups in total. The Kier molecular flexibility index (Phi) is 6.39. The summed E-state index contributed by atoms with van der Waals surface area (Å²) in [6.45, 7) is 4.04. The molecule has 0 fully saturated rings. The smallest absolute Gasteiger partial charge is 0.261 e. The lowest BCUT2D eigenvalue weighted by atomic mass is 10.2. The third-order valence-corrected chi connectivity index (χ3v) is 4.64. The van der Waals surface area contributed by atoms with Crippen LogP contribution in [0.2, 0.25) is 0 Å². The molecule has 1 aromatic heterocycles. The minimum atomic E-state index is -0.300. The van der Waals surface area contributed by atoms with Crippen LogP contribution in [-0.4, -0.2) is 39.4 Å². The van der Waals surface area contributed by atoms with Gasteiger partial charge in [0.25, 0.3) is 5.56 Å². The van der Waals surface area contributed by atoms with Crippen molar-refractivity contribution >= 4 is 28.4 Å². The van der Waals surface area contributed by atoms with Crippen molar-refractivity contribution in [2.24, 2.45) is 0 Å². The minimum Gasteiger partial charge on any atom is -0.332 e. The number of para-hydroxylation sites is 2. The lowest BCUT2D eigenvalue weighted by molar-refractivity contribution is -0.135. The lowest BCUT2D eigenvalue weighted by Crippen LogP contribution is -2.41. The van der Waals surface area contributed by atoms with Crippen LogP contribution in [0.5, 0.6) is 0 Å². The second-order valence-electron chi connectivity index (χ2n) is 6.87. The van der Waals surface area contributed by atoms with Crippen molar-refractivity contribution in [2.75, 3.05) is 18.4 Å². The van der Waals surface area contributed by atoms with Gasteiger partial charge in [-0.1, -0.05) is 37.3 Å². The molecule has 2 aromatic carbocycles. The molecule has 7 nitrogen and oxygen atoms in total. The Balaban J connectivity index is 1.72. The number of aryl methyl sites for hydroxylation is 1. The van der Waals surface area contributed by atoms with Crippen LogP contribution in [-0.2, 0) is 16.1 Å². The second-order valence-corrected chi connectivity index (χ2v) is 6.87. The van der Waals surface area contributed by atoms with Gasteiger partial charge in [0.2, 0.25) is 11.8 Å². The number of nitrogens with one attached hydrogen (secondary N) is 1. The van der Waals surface area contributed by atoms with Gasteiger partial charge in [0, 0.05) is 12.2 Å². The number of anilines is 1. The highest BCUT2D eigenvalue weighted by Crippen LogP contribution is 2.13. The number of aromatic nitrogens is 2. The number of carbonyl (C=O) groups excluding carboxylic acids is 2. The molecule has 150 valence electrons.